The van der Waals surface area contributed by atoms with Crippen molar-refractivity contribution in [2.24, 2.45) is 0 Å². The molecule has 0 atom stereocenters. The summed E-state index contributed by atoms with van der Waals surface area (Å²) >= 11 is 0. The van der Waals surface area contributed by atoms with Crippen LogP contribution in [0, 0.1) is 0 Å². The predicted molar refractivity (Wildman–Crippen MR) is 116 cm³/mol. The van der Waals surface area contributed by atoms with Crippen molar-refractivity contribution >= 4 is 17.5 Å². The lowest BCUT2D eigenvalue weighted by atomic mass is 10.1. The second-order valence-corrected chi connectivity index (χ2v) is 6.98. The van der Waals surface area contributed by atoms with Gasteiger partial charge < -0.3 is 9.80 Å². The summed E-state index contributed by atoms with van der Waals surface area (Å²) in [4.78, 5) is 28.7. The number of amides is 2. The number of hydrogen-bond acceptors (Lipinski definition) is 2. The Balaban J connectivity index is 1.73. The number of hydrogen-bond donors (Lipinski definition) is 0. The fraction of sp³-hybridized carbons (Fsp3) is 0.200. The van der Waals surface area contributed by atoms with E-state index in [2.05, 4.69) is 0 Å². The molecule has 148 valence electrons. The van der Waals surface area contributed by atoms with E-state index < -0.39 is 0 Å². The van der Waals surface area contributed by atoms with E-state index in [4.69, 9.17) is 0 Å². The minimum atomic E-state index is -0.0954. The van der Waals surface area contributed by atoms with E-state index in [9.17, 15) is 9.59 Å². The van der Waals surface area contributed by atoms with Gasteiger partial charge in [0.2, 0.25) is 11.8 Å². The molecule has 0 fully saturated rings. The maximum absolute atomic E-state index is 13.2. The summed E-state index contributed by atoms with van der Waals surface area (Å²) in [5.74, 6) is -0.190. The van der Waals surface area contributed by atoms with E-state index in [1.807, 2.05) is 91.0 Å². The van der Waals surface area contributed by atoms with E-state index in [0.717, 1.165) is 23.2 Å². The Labute approximate surface area is 172 Å². The monoisotopic (exact) mass is 386 g/mol. The van der Waals surface area contributed by atoms with Gasteiger partial charge in [0.05, 0.1) is 6.54 Å². The Bertz CT molecular complexity index is 911. The summed E-state index contributed by atoms with van der Waals surface area (Å²) in [6.07, 6.45) is 0.720. The molecule has 0 bridgehead atoms. The van der Waals surface area contributed by atoms with Crippen molar-refractivity contribution in [3.63, 3.8) is 0 Å². The first-order chi connectivity index (χ1) is 14.1. The van der Waals surface area contributed by atoms with Gasteiger partial charge in [0.25, 0.3) is 0 Å². The zero-order valence-electron chi connectivity index (χ0n) is 16.7. The maximum atomic E-state index is 13.2. The number of carbonyl (C=O) groups excluding carboxylic acids is 2. The zero-order chi connectivity index (χ0) is 20.5. The first-order valence-electron chi connectivity index (χ1n) is 9.82. The molecule has 0 aliphatic heterocycles. The molecule has 3 rings (SSSR count). The summed E-state index contributed by atoms with van der Waals surface area (Å²) in [6, 6.07) is 29.5. The van der Waals surface area contributed by atoms with Crippen LogP contribution in [0.1, 0.15) is 18.1 Å². The lowest BCUT2D eigenvalue weighted by Gasteiger charge is -2.27. The molecule has 4 nitrogen and oxygen atoms in total. The Morgan fingerprint density at radius 3 is 1.79 bits per heavy atom. The van der Waals surface area contributed by atoms with Crippen LogP contribution in [0.25, 0.3) is 0 Å². The van der Waals surface area contributed by atoms with E-state index in [0.29, 0.717) is 13.1 Å². The molecule has 0 aromatic heterocycles. The van der Waals surface area contributed by atoms with Gasteiger partial charge in [-0.05, 0) is 29.7 Å². The largest absolute Gasteiger partial charge is 0.333 e. The molecule has 0 N–H and O–H groups in total. The highest BCUT2D eigenvalue weighted by atomic mass is 16.2. The van der Waals surface area contributed by atoms with Gasteiger partial charge in [-0.15, -0.1) is 0 Å². The highest BCUT2D eigenvalue weighted by Gasteiger charge is 2.21. The molecule has 29 heavy (non-hydrogen) atoms. The minimum absolute atomic E-state index is 0.0594. The third-order valence-corrected chi connectivity index (χ3v) is 4.84. The summed E-state index contributed by atoms with van der Waals surface area (Å²) in [7, 11) is 0. The Morgan fingerprint density at radius 1 is 0.724 bits per heavy atom. The average Bonchev–Trinajstić information content (AvgIpc) is 2.76. The molecule has 3 aromatic carbocycles. The zero-order valence-corrected chi connectivity index (χ0v) is 16.7. The number of para-hydroxylation sites is 1. The van der Waals surface area contributed by atoms with Gasteiger partial charge in [-0.25, -0.2) is 0 Å². The quantitative estimate of drug-likeness (QED) is 0.579. The van der Waals surface area contributed by atoms with Crippen molar-refractivity contribution in [3.8, 4) is 0 Å². The molecule has 0 radical (unpaired) electrons. The average molecular weight is 386 g/mol. The number of rotatable bonds is 8. The van der Waals surface area contributed by atoms with Crippen LogP contribution in [-0.4, -0.2) is 29.8 Å². The molecular formula is C25H26N2O2. The van der Waals surface area contributed by atoms with Gasteiger partial charge in [0.15, 0.2) is 0 Å². The molecule has 0 heterocycles. The number of nitrogens with zero attached hydrogens (tertiary/aromatic N) is 2. The van der Waals surface area contributed by atoms with Crippen LogP contribution in [0.4, 0.5) is 5.69 Å². The third kappa shape index (κ3) is 6.04. The van der Waals surface area contributed by atoms with E-state index in [1.165, 1.54) is 6.92 Å². The summed E-state index contributed by atoms with van der Waals surface area (Å²) in [5, 5.41) is 0. The summed E-state index contributed by atoms with van der Waals surface area (Å²) in [6.45, 7) is 2.55. The highest BCUT2D eigenvalue weighted by molar-refractivity contribution is 5.96. The van der Waals surface area contributed by atoms with Crippen LogP contribution in [-0.2, 0) is 22.6 Å². The Morgan fingerprint density at radius 2 is 1.24 bits per heavy atom. The van der Waals surface area contributed by atoms with E-state index in [1.54, 1.807) is 9.80 Å². The summed E-state index contributed by atoms with van der Waals surface area (Å²) in [5.41, 5.74) is 3.02. The molecule has 0 aliphatic carbocycles. The lowest BCUT2D eigenvalue weighted by Crippen LogP contribution is -2.42. The normalized spacial score (nSPS) is 10.4. The van der Waals surface area contributed by atoms with Crippen molar-refractivity contribution in [1.29, 1.82) is 0 Å². The molecule has 0 unspecified atom stereocenters. The molecule has 4 heteroatoms. The molecule has 0 spiro atoms. The van der Waals surface area contributed by atoms with E-state index >= 15 is 0 Å². The fourth-order valence-corrected chi connectivity index (χ4v) is 3.20. The molecule has 0 saturated carbocycles. The van der Waals surface area contributed by atoms with Crippen LogP contribution in [0.2, 0.25) is 0 Å². The van der Waals surface area contributed by atoms with Crippen molar-refractivity contribution in [3.05, 3.63) is 102 Å². The molecule has 2 amide bonds. The van der Waals surface area contributed by atoms with Gasteiger partial charge in [0, 0.05) is 19.2 Å². The first kappa shape index (κ1) is 20.3. The Kier molecular flexibility index (Phi) is 7.17. The van der Waals surface area contributed by atoms with Crippen LogP contribution in [0.5, 0.6) is 0 Å². The summed E-state index contributed by atoms with van der Waals surface area (Å²) < 4.78 is 0. The molecule has 0 saturated heterocycles. The first-order valence-corrected chi connectivity index (χ1v) is 9.82. The van der Waals surface area contributed by atoms with Crippen molar-refractivity contribution < 1.29 is 9.59 Å². The number of carbonyl (C=O) groups is 2. The van der Waals surface area contributed by atoms with Crippen molar-refractivity contribution in [2.75, 3.05) is 18.0 Å². The van der Waals surface area contributed by atoms with Gasteiger partial charge in [0.1, 0.15) is 6.54 Å². The number of benzene rings is 3. The third-order valence-electron chi connectivity index (χ3n) is 4.84. The van der Waals surface area contributed by atoms with Crippen LogP contribution in [0.15, 0.2) is 91.0 Å². The SMILES string of the molecule is CC(=O)N(CCc1ccccc1)CC(=O)N(Cc1ccccc1)c1ccccc1. The van der Waals surface area contributed by atoms with Gasteiger partial charge in [-0.3, -0.25) is 9.59 Å². The fourth-order valence-electron chi connectivity index (χ4n) is 3.20. The molecule has 0 aliphatic rings. The van der Waals surface area contributed by atoms with Gasteiger partial charge >= 0.3 is 0 Å². The molecular weight excluding hydrogens is 360 g/mol. The van der Waals surface area contributed by atoms with Crippen molar-refractivity contribution in [2.45, 2.75) is 19.9 Å². The van der Waals surface area contributed by atoms with Crippen molar-refractivity contribution in [1.82, 2.24) is 4.90 Å². The maximum Gasteiger partial charge on any atom is 0.246 e. The second-order valence-electron chi connectivity index (χ2n) is 6.98. The lowest BCUT2D eigenvalue weighted by molar-refractivity contribution is -0.133. The standard InChI is InChI=1S/C25H26N2O2/c1-21(28)26(18-17-22-11-5-2-6-12-22)20-25(29)27(24-15-9-4-10-16-24)19-23-13-7-3-8-14-23/h2-16H,17-20H2,1H3. The smallest absolute Gasteiger partial charge is 0.246 e. The van der Waals surface area contributed by atoms with Crippen LogP contribution < -0.4 is 4.90 Å². The predicted octanol–water partition coefficient (Wildman–Crippen LogP) is 4.31. The second kappa shape index (κ2) is 10.2. The highest BCUT2D eigenvalue weighted by Crippen LogP contribution is 2.18. The van der Waals surface area contributed by atoms with Crippen LogP contribution >= 0.6 is 0 Å². The minimum Gasteiger partial charge on any atom is -0.333 e. The van der Waals surface area contributed by atoms with Gasteiger partial charge in [-0.1, -0.05) is 78.9 Å². The van der Waals surface area contributed by atoms with E-state index in [-0.39, 0.29) is 18.4 Å². The molecule has 3 aromatic rings. The number of anilines is 1. The van der Waals surface area contributed by atoms with Crippen LogP contribution in [0.3, 0.4) is 0 Å². The topological polar surface area (TPSA) is 40.6 Å². The van der Waals surface area contributed by atoms with Gasteiger partial charge in [-0.2, -0.15) is 0 Å². The Hall–Kier alpha value is -3.40.